The maximum Gasteiger partial charge on any atom is 0.0166 e. The second-order valence-corrected chi connectivity index (χ2v) is 2.78. The SMILES string of the molecule is CNC[C@@H](C)NC(C)C. The van der Waals surface area contributed by atoms with Gasteiger partial charge in [-0.05, 0) is 14.0 Å². The highest BCUT2D eigenvalue weighted by atomic mass is 15.0. The molecule has 56 valence electrons. The molecule has 2 nitrogen and oxygen atoms in total. The lowest BCUT2D eigenvalue weighted by molar-refractivity contribution is 0.474. The molecule has 2 N–H and O–H groups in total. The van der Waals surface area contributed by atoms with E-state index in [4.69, 9.17) is 0 Å². The molecule has 1 atom stereocenters. The highest BCUT2D eigenvalue weighted by molar-refractivity contribution is 4.64. The first-order valence-electron chi connectivity index (χ1n) is 3.57. The summed E-state index contributed by atoms with van der Waals surface area (Å²) in [6.07, 6.45) is 0. The molecule has 0 saturated carbocycles. The van der Waals surface area contributed by atoms with Gasteiger partial charge in [0.05, 0.1) is 0 Å². The Kier molecular flexibility index (Phi) is 4.72. The predicted octanol–water partition coefficient (Wildman–Crippen LogP) is 0.592. The van der Waals surface area contributed by atoms with E-state index >= 15 is 0 Å². The first-order chi connectivity index (χ1) is 4.16. The second kappa shape index (κ2) is 4.77. The van der Waals surface area contributed by atoms with E-state index < -0.39 is 0 Å². The number of rotatable bonds is 4. The third kappa shape index (κ3) is 5.80. The van der Waals surface area contributed by atoms with Crippen LogP contribution < -0.4 is 10.6 Å². The van der Waals surface area contributed by atoms with Gasteiger partial charge in [-0.2, -0.15) is 0 Å². The summed E-state index contributed by atoms with van der Waals surface area (Å²) in [5.74, 6) is 0. The Morgan fingerprint density at radius 2 is 1.78 bits per heavy atom. The summed E-state index contributed by atoms with van der Waals surface area (Å²) in [4.78, 5) is 0. The van der Waals surface area contributed by atoms with Gasteiger partial charge in [-0.25, -0.2) is 0 Å². The Balaban J connectivity index is 3.15. The van der Waals surface area contributed by atoms with Crippen LogP contribution in [-0.2, 0) is 0 Å². The van der Waals surface area contributed by atoms with Gasteiger partial charge in [0, 0.05) is 18.6 Å². The van der Waals surface area contributed by atoms with Gasteiger partial charge in [-0.15, -0.1) is 0 Å². The van der Waals surface area contributed by atoms with Crippen molar-refractivity contribution in [1.29, 1.82) is 0 Å². The first kappa shape index (κ1) is 8.92. The van der Waals surface area contributed by atoms with Crippen LogP contribution in [0.15, 0.2) is 0 Å². The molecule has 0 saturated heterocycles. The van der Waals surface area contributed by atoms with E-state index in [9.17, 15) is 0 Å². The zero-order valence-corrected chi connectivity index (χ0v) is 6.86. The van der Waals surface area contributed by atoms with Crippen molar-refractivity contribution in [3.05, 3.63) is 0 Å². The molecule has 9 heavy (non-hydrogen) atoms. The molecule has 0 spiro atoms. The van der Waals surface area contributed by atoms with E-state index in [2.05, 4.69) is 31.4 Å². The van der Waals surface area contributed by atoms with Gasteiger partial charge in [0.15, 0.2) is 0 Å². The van der Waals surface area contributed by atoms with E-state index in [-0.39, 0.29) is 0 Å². The Morgan fingerprint density at radius 3 is 2.11 bits per heavy atom. The van der Waals surface area contributed by atoms with Crippen molar-refractivity contribution in [3.63, 3.8) is 0 Å². The van der Waals surface area contributed by atoms with E-state index in [0.29, 0.717) is 12.1 Å². The largest absolute Gasteiger partial charge is 0.318 e. The van der Waals surface area contributed by atoms with Crippen molar-refractivity contribution in [3.8, 4) is 0 Å². The molecule has 0 rings (SSSR count). The van der Waals surface area contributed by atoms with Gasteiger partial charge in [0.25, 0.3) is 0 Å². The molecule has 0 fully saturated rings. The lowest BCUT2D eigenvalue weighted by Gasteiger charge is -2.15. The van der Waals surface area contributed by atoms with Crippen molar-refractivity contribution in [2.75, 3.05) is 13.6 Å². The lowest BCUT2D eigenvalue weighted by atomic mass is 10.3. The van der Waals surface area contributed by atoms with E-state index in [1.807, 2.05) is 7.05 Å². The minimum atomic E-state index is 0.579. The monoisotopic (exact) mass is 130 g/mol. The third-order valence-corrected chi connectivity index (χ3v) is 1.13. The van der Waals surface area contributed by atoms with Gasteiger partial charge in [0.1, 0.15) is 0 Å². The Bertz CT molecular complexity index is 61.9. The molecule has 0 aliphatic heterocycles. The van der Waals surface area contributed by atoms with Crippen LogP contribution in [0.2, 0.25) is 0 Å². The van der Waals surface area contributed by atoms with Crippen LogP contribution in [-0.4, -0.2) is 25.7 Å². The summed E-state index contributed by atoms with van der Waals surface area (Å²) in [6, 6.07) is 1.17. The predicted molar refractivity (Wildman–Crippen MR) is 41.7 cm³/mol. The van der Waals surface area contributed by atoms with E-state index in [0.717, 1.165) is 6.54 Å². The van der Waals surface area contributed by atoms with Crippen LogP contribution in [0, 0.1) is 0 Å². The molecule has 0 aromatic carbocycles. The Morgan fingerprint density at radius 1 is 1.22 bits per heavy atom. The fraction of sp³-hybridized carbons (Fsp3) is 1.00. The maximum absolute atomic E-state index is 3.38. The summed E-state index contributed by atoms with van der Waals surface area (Å²) in [7, 11) is 1.97. The van der Waals surface area contributed by atoms with Gasteiger partial charge < -0.3 is 10.6 Å². The Labute approximate surface area is 58.0 Å². The minimum absolute atomic E-state index is 0.579. The van der Waals surface area contributed by atoms with Crippen LogP contribution in [0.1, 0.15) is 20.8 Å². The van der Waals surface area contributed by atoms with E-state index in [1.54, 1.807) is 0 Å². The van der Waals surface area contributed by atoms with Crippen molar-refractivity contribution in [2.24, 2.45) is 0 Å². The summed E-state index contributed by atoms with van der Waals surface area (Å²) >= 11 is 0. The van der Waals surface area contributed by atoms with Crippen molar-refractivity contribution < 1.29 is 0 Å². The van der Waals surface area contributed by atoms with Gasteiger partial charge in [-0.3, -0.25) is 0 Å². The topological polar surface area (TPSA) is 24.1 Å². The van der Waals surface area contributed by atoms with Gasteiger partial charge in [0.2, 0.25) is 0 Å². The number of hydrogen-bond donors (Lipinski definition) is 2. The molecule has 0 radical (unpaired) electrons. The van der Waals surface area contributed by atoms with E-state index in [1.165, 1.54) is 0 Å². The van der Waals surface area contributed by atoms with Gasteiger partial charge in [-0.1, -0.05) is 13.8 Å². The number of likely N-dealkylation sites (N-methyl/N-ethyl adjacent to an activating group) is 1. The summed E-state index contributed by atoms with van der Waals surface area (Å²) in [5.41, 5.74) is 0. The van der Waals surface area contributed by atoms with Crippen molar-refractivity contribution in [2.45, 2.75) is 32.9 Å². The standard InChI is InChI=1S/C7H18N2/c1-6(2)9-7(3)5-8-4/h6-9H,5H2,1-4H3/t7-/m1/s1. The highest BCUT2D eigenvalue weighted by Gasteiger charge is 1.99. The number of hydrogen-bond acceptors (Lipinski definition) is 2. The maximum atomic E-state index is 3.38. The third-order valence-electron chi connectivity index (χ3n) is 1.13. The zero-order valence-electron chi connectivity index (χ0n) is 6.86. The molecule has 0 aromatic heterocycles. The van der Waals surface area contributed by atoms with Gasteiger partial charge >= 0.3 is 0 Å². The quantitative estimate of drug-likeness (QED) is 0.582. The molecule has 0 heterocycles. The molecule has 0 aliphatic rings. The number of nitrogens with one attached hydrogen (secondary N) is 2. The second-order valence-electron chi connectivity index (χ2n) is 2.78. The van der Waals surface area contributed by atoms with Crippen molar-refractivity contribution in [1.82, 2.24) is 10.6 Å². The van der Waals surface area contributed by atoms with Crippen LogP contribution in [0.25, 0.3) is 0 Å². The molecule has 0 aromatic rings. The molecule has 2 heteroatoms. The average molecular weight is 130 g/mol. The fourth-order valence-corrected chi connectivity index (χ4v) is 0.934. The highest BCUT2D eigenvalue weighted by Crippen LogP contribution is 1.82. The first-order valence-corrected chi connectivity index (χ1v) is 3.57. The summed E-state index contributed by atoms with van der Waals surface area (Å²) in [5, 5.41) is 6.49. The smallest absolute Gasteiger partial charge is 0.0166 e. The van der Waals surface area contributed by atoms with Crippen LogP contribution in [0.4, 0.5) is 0 Å². The molecular weight excluding hydrogens is 112 g/mol. The van der Waals surface area contributed by atoms with Crippen LogP contribution in [0.3, 0.4) is 0 Å². The summed E-state index contributed by atoms with van der Waals surface area (Å²) < 4.78 is 0. The molecular formula is C7H18N2. The molecule has 0 aliphatic carbocycles. The molecule has 0 amide bonds. The normalized spacial score (nSPS) is 14.3. The summed E-state index contributed by atoms with van der Waals surface area (Å²) in [6.45, 7) is 7.53. The minimum Gasteiger partial charge on any atom is -0.318 e. The fourth-order valence-electron chi connectivity index (χ4n) is 0.934. The Hall–Kier alpha value is -0.0800. The molecule has 0 unspecified atom stereocenters. The molecule has 0 bridgehead atoms. The van der Waals surface area contributed by atoms with Crippen LogP contribution in [0.5, 0.6) is 0 Å². The van der Waals surface area contributed by atoms with Crippen LogP contribution >= 0.6 is 0 Å². The lowest BCUT2D eigenvalue weighted by Crippen LogP contribution is -2.38. The zero-order chi connectivity index (χ0) is 7.28. The van der Waals surface area contributed by atoms with Crippen molar-refractivity contribution >= 4 is 0 Å². The average Bonchev–Trinajstić information content (AvgIpc) is 1.63.